The van der Waals surface area contributed by atoms with Crippen molar-refractivity contribution < 1.29 is 5.11 Å². The van der Waals surface area contributed by atoms with E-state index in [1.54, 1.807) is 0 Å². The van der Waals surface area contributed by atoms with Gasteiger partial charge in [0.2, 0.25) is 5.88 Å². The zero-order valence-corrected chi connectivity index (χ0v) is 12.5. The molecule has 0 amide bonds. The molecule has 3 heterocycles. The minimum absolute atomic E-state index is 0.152. The molecule has 7 heteroatoms. The molecule has 0 fully saturated rings. The number of aromatic hydroxyl groups is 1. The highest BCUT2D eigenvalue weighted by molar-refractivity contribution is 5.85. The minimum Gasteiger partial charge on any atom is -0.494 e. The molecule has 7 nitrogen and oxygen atoms in total. The Balaban J connectivity index is 1.99. The fraction of sp³-hybridized carbons (Fsp3) is 0.250. The van der Waals surface area contributed by atoms with Crippen LogP contribution < -0.4 is 16.6 Å². The summed E-state index contributed by atoms with van der Waals surface area (Å²) >= 11 is 0. The van der Waals surface area contributed by atoms with Crippen molar-refractivity contribution in [2.24, 2.45) is 7.05 Å². The lowest BCUT2D eigenvalue weighted by atomic mass is 9.95. The molecule has 0 radical (unpaired) electrons. The molecule has 1 aromatic carbocycles. The van der Waals surface area contributed by atoms with Crippen molar-refractivity contribution in [2.75, 3.05) is 6.54 Å². The lowest BCUT2D eigenvalue weighted by Gasteiger charge is -2.24. The molecule has 1 aliphatic rings. The van der Waals surface area contributed by atoms with E-state index in [1.165, 1.54) is 7.05 Å². The third kappa shape index (κ3) is 1.93. The third-order valence-corrected chi connectivity index (χ3v) is 4.48. The normalized spacial score (nSPS) is 17.3. The molecule has 3 aromatic rings. The number of H-pyrrole nitrogens is 2. The van der Waals surface area contributed by atoms with Crippen LogP contribution in [0.5, 0.6) is 5.88 Å². The van der Waals surface area contributed by atoms with Crippen molar-refractivity contribution in [1.29, 1.82) is 0 Å². The van der Waals surface area contributed by atoms with E-state index in [-0.39, 0.29) is 11.4 Å². The van der Waals surface area contributed by atoms with E-state index in [9.17, 15) is 14.7 Å². The van der Waals surface area contributed by atoms with Gasteiger partial charge in [-0.25, -0.2) is 4.79 Å². The van der Waals surface area contributed by atoms with Gasteiger partial charge >= 0.3 is 5.69 Å². The maximum Gasteiger partial charge on any atom is 0.330 e. The molecule has 0 saturated heterocycles. The van der Waals surface area contributed by atoms with Crippen LogP contribution in [0.1, 0.15) is 22.9 Å². The molecule has 2 aromatic heterocycles. The number of rotatable bonds is 1. The SMILES string of the molecule is Cn1c(O)c(C2NCCc3c2[nH]c2ccccc32)c(=O)[nH]c1=O. The molecule has 1 aliphatic heterocycles. The van der Waals surface area contributed by atoms with Crippen LogP contribution in [0.15, 0.2) is 33.9 Å². The fourth-order valence-corrected chi connectivity index (χ4v) is 3.31. The summed E-state index contributed by atoms with van der Waals surface area (Å²) in [6.07, 6.45) is 0.834. The summed E-state index contributed by atoms with van der Waals surface area (Å²) in [6, 6.07) is 7.46. The Morgan fingerprint density at radius 1 is 1.22 bits per heavy atom. The summed E-state index contributed by atoms with van der Waals surface area (Å²) in [7, 11) is 1.42. The second-order valence-electron chi connectivity index (χ2n) is 5.76. The Hall–Kier alpha value is -2.80. The largest absolute Gasteiger partial charge is 0.494 e. The molecule has 4 N–H and O–H groups in total. The molecule has 4 rings (SSSR count). The fourth-order valence-electron chi connectivity index (χ4n) is 3.31. The van der Waals surface area contributed by atoms with E-state index in [0.717, 1.165) is 33.1 Å². The summed E-state index contributed by atoms with van der Waals surface area (Å²) in [5.74, 6) is -0.317. The number of fused-ring (bicyclic) bond motifs is 3. The van der Waals surface area contributed by atoms with Gasteiger partial charge in [0.25, 0.3) is 5.56 Å². The highest BCUT2D eigenvalue weighted by atomic mass is 16.3. The van der Waals surface area contributed by atoms with Gasteiger partial charge in [-0.15, -0.1) is 0 Å². The number of nitrogens with zero attached hydrogens (tertiary/aromatic N) is 1. The smallest absolute Gasteiger partial charge is 0.330 e. The number of hydrogen-bond donors (Lipinski definition) is 4. The summed E-state index contributed by atoms with van der Waals surface area (Å²) in [6.45, 7) is 0.682. The first-order valence-electron chi connectivity index (χ1n) is 7.43. The van der Waals surface area contributed by atoms with Crippen molar-refractivity contribution in [3.8, 4) is 5.88 Å². The van der Waals surface area contributed by atoms with Gasteiger partial charge in [-0.1, -0.05) is 18.2 Å². The van der Waals surface area contributed by atoms with Crippen LogP contribution in [0.3, 0.4) is 0 Å². The van der Waals surface area contributed by atoms with Crippen LogP contribution in [0.2, 0.25) is 0 Å². The number of hydrogen-bond acceptors (Lipinski definition) is 4. The van der Waals surface area contributed by atoms with Gasteiger partial charge in [-0.2, -0.15) is 0 Å². The standard InChI is InChI=1S/C16H16N4O3/c1-20-15(22)11(14(21)19-16(20)23)13-12-9(6-7-17-13)8-4-2-3-5-10(8)18-12/h2-5,13,17-18,22H,6-7H2,1H3,(H,19,21,23). The van der Waals surface area contributed by atoms with E-state index in [0.29, 0.717) is 6.54 Å². The number of aromatic amines is 2. The predicted octanol–water partition coefficient (Wildman–Crippen LogP) is 0.496. The van der Waals surface area contributed by atoms with Crippen molar-refractivity contribution in [3.63, 3.8) is 0 Å². The Morgan fingerprint density at radius 2 is 2.00 bits per heavy atom. The van der Waals surface area contributed by atoms with Crippen molar-refractivity contribution in [1.82, 2.24) is 19.9 Å². The van der Waals surface area contributed by atoms with Gasteiger partial charge in [0.1, 0.15) is 5.56 Å². The molecular weight excluding hydrogens is 296 g/mol. The van der Waals surface area contributed by atoms with Gasteiger partial charge in [-0.3, -0.25) is 14.3 Å². The maximum atomic E-state index is 12.3. The summed E-state index contributed by atoms with van der Waals surface area (Å²) in [5.41, 5.74) is 1.93. The van der Waals surface area contributed by atoms with Crippen molar-refractivity contribution >= 4 is 10.9 Å². The predicted molar refractivity (Wildman–Crippen MR) is 85.8 cm³/mol. The van der Waals surface area contributed by atoms with Gasteiger partial charge in [0, 0.05) is 30.2 Å². The zero-order valence-electron chi connectivity index (χ0n) is 12.5. The van der Waals surface area contributed by atoms with Crippen LogP contribution in [0, 0.1) is 0 Å². The molecule has 0 bridgehead atoms. The first kappa shape index (κ1) is 13.8. The van der Waals surface area contributed by atoms with E-state index in [2.05, 4.69) is 15.3 Å². The van der Waals surface area contributed by atoms with Crippen LogP contribution in [-0.4, -0.2) is 26.2 Å². The van der Waals surface area contributed by atoms with Gasteiger partial charge in [0.15, 0.2) is 0 Å². The molecule has 0 spiro atoms. The van der Waals surface area contributed by atoms with Crippen molar-refractivity contribution in [2.45, 2.75) is 12.5 Å². The highest BCUT2D eigenvalue weighted by Crippen LogP contribution is 2.34. The second kappa shape index (κ2) is 4.85. The average molecular weight is 312 g/mol. The van der Waals surface area contributed by atoms with Gasteiger partial charge < -0.3 is 15.4 Å². The summed E-state index contributed by atoms with van der Waals surface area (Å²) in [4.78, 5) is 29.4. The van der Waals surface area contributed by atoms with E-state index in [4.69, 9.17) is 0 Å². The number of benzene rings is 1. The molecule has 0 aliphatic carbocycles. The molecular formula is C16H16N4O3. The molecule has 1 unspecified atom stereocenters. The van der Waals surface area contributed by atoms with E-state index < -0.39 is 17.3 Å². The molecule has 0 saturated carbocycles. The Bertz CT molecular complexity index is 1030. The van der Waals surface area contributed by atoms with Crippen LogP contribution >= 0.6 is 0 Å². The zero-order chi connectivity index (χ0) is 16.1. The van der Waals surface area contributed by atoms with Crippen LogP contribution in [0.25, 0.3) is 10.9 Å². The van der Waals surface area contributed by atoms with E-state index >= 15 is 0 Å². The molecule has 23 heavy (non-hydrogen) atoms. The second-order valence-corrected chi connectivity index (χ2v) is 5.76. The Morgan fingerprint density at radius 3 is 2.83 bits per heavy atom. The highest BCUT2D eigenvalue weighted by Gasteiger charge is 2.30. The first-order chi connectivity index (χ1) is 11.1. The Kier molecular flexibility index (Phi) is 2.92. The minimum atomic E-state index is -0.635. The van der Waals surface area contributed by atoms with Crippen LogP contribution in [0.4, 0.5) is 0 Å². The summed E-state index contributed by atoms with van der Waals surface area (Å²) < 4.78 is 1.04. The number of aromatic nitrogens is 3. The average Bonchev–Trinajstić information content (AvgIpc) is 2.92. The lowest BCUT2D eigenvalue weighted by molar-refractivity contribution is 0.398. The van der Waals surface area contributed by atoms with Gasteiger partial charge in [-0.05, 0) is 18.1 Å². The Labute approximate surface area is 130 Å². The monoisotopic (exact) mass is 312 g/mol. The third-order valence-electron chi connectivity index (χ3n) is 4.48. The van der Waals surface area contributed by atoms with E-state index in [1.807, 2.05) is 24.3 Å². The molecule has 1 atom stereocenters. The lowest BCUT2D eigenvalue weighted by Crippen LogP contribution is -2.38. The molecule has 118 valence electrons. The van der Waals surface area contributed by atoms with Gasteiger partial charge in [0.05, 0.1) is 6.04 Å². The quantitative estimate of drug-likeness (QED) is 0.525. The maximum absolute atomic E-state index is 12.3. The summed E-state index contributed by atoms with van der Waals surface area (Å²) in [5, 5.41) is 14.7. The number of nitrogens with one attached hydrogen (secondary N) is 3. The number of para-hydroxylation sites is 1. The van der Waals surface area contributed by atoms with Crippen molar-refractivity contribution in [3.05, 3.63) is 61.9 Å². The first-order valence-corrected chi connectivity index (χ1v) is 7.43. The topological polar surface area (TPSA) is 103 Å². The van der Waals surface area contributed by atoms with Crippen LogP contribution in [-0.2, 0) is 13.5 Å².